The number of hydrogen-bond donors (Lipinski definition) is 1. The number of benzene rings is 3. The van der Waals surface area contributed by atoms with Crippen molar-refractivity contribution in [3.05, 3.63) is 95.3 Å². The SMILES string of the molecule is C/C(O)=C1/CC[C@@H](c2ccccc2)O[C@H]1c1ccc2ccccc2c1. The summed E-state index contributed by atoms with van der Waals surface area (Å²) in [6.45, 7) is 1.76. The highest BCUT2D eigenvalue weighted by molar-refractivity contribution is 5.83. The summed E-state index contributed by atoms with van der Waals surface area (Å²) in [7, 11) is 0. The molecule has 2 atom stereocenters. The molecule has 2 heteroatoms. The Balaban J connectivity index is 1.73. The van der Waals surface area contributed by atoms with Gasteiger partial charge in [0.1, 0.15) is 6.10 Å². The van der Waals surface area contributed by atoms with Crippen molar-refractivity contribution in [2.45, 2.75) is 32.0 Å². The molecule has 0 unspecified atom stereocenters. The molecule has 0 spiro atoms. The first-order valence-corrected chi connectivity index (χ1v) is 8.80. The number of hydrogen-bond acceptors (Lipinski definition) is 2. The van der Waals surface area contributed by atoms with Gasteiger partial charge in [-0.2, -0.15) is 0 Å². The van der Waals surface area contributed by atoms with Crippen LogP contribution in [0.25, 0.3) is 10.8 Å². The van der Waals surface area contributed by atoms with Crippen molar-refractivity contribution < 1.29 is 9.84 Å². The molecule has 1 saturated heterocycles. The Labute approximate surface area is 148 Å². The number of allylic oxidation sites excluding steroid dienone is 1. The van der Waals surface area contributed by atoms with Gasteiger partial charge in [-0.3, -0.25) is 0 Å². The van der Waals surface area contributed by atoms with Crippen molar-refractivity contribution in [2.75, 3.05) is 0 Å². The normalized spacial score (nSPS) is 22.8. The molecule has 1 fully saturated rings. The summed E-state index contributed by atoms with van der Waals surface area (Å²) >= 11 is 0. The maximum absolute atomic E-state index is 10.2. The molecule has 3 aromatic rings. The van der Waals surface area contributed by atoms with E-state index < -0.39 is 0 Å². The van der Waals surface area contributed by atoms with Crippen LogP contribution in [0.4, 0.5) is 0 Å². The fourth-order valence-corrected chi connectivity index (χ4v) is 3.67. The zero-order chi connectivity index (χ0) is 17.2. The number of rotatable bonds is 2. The van der Waals surface area contributed by atoms with Crippen molar-refractivity contribution >= 4 is 10.8 Å². The fourth-order valence-electron chi connectivity index (χ4n) is 3.67. The topological polar surface area (TPSA) is 29.5 Å². The molecular formula is C23H22O2. The second-order valence-corrected chi connectivity index (χ2v) is 6.67. The van der Waals surface area contributed by atoms with Crippen molar-refractivity contribution in [1.82, 2.24) is 0 Å². The summed E-state index contributed by atoms with van der Waals surface area (Å²) in [5.74, 6) is 0.379. The van der Waals surface area contributed by atoms with E-state index in [2.05, 4.69) is 48.5 Å². The minimum Gasteiger partial charge on any atom is -0.513 e. The van der Waals surface area contributed by atoms with Crippen LogP contribution in [-0.2, 0) is 4.74 Å². The molecule has 0 saturated carbocycles. The summed E-state index contributed by atoms with van der Waals surface area (Å²) in [6.07, 6.45) is 1.59. The van der Waals surface area contributed by atoms with Gasteiger partial charge in [-0.15, -0.1) is 0 Å². The largest absolute Gasteiger partial charge is 0.513 e. The number of fused-ring (bicyclic) bond motifs is 1. The summed E-state index contributed by atoms with van der Waals surface area (Å²) < 4.78 is 6.46. The van der Waals surface area contributed by atoms with Crippen molar-refractivity contribution in [1.29, 1.82) is 0 Å². The maximum Gasteiger partial charge on any atom is 0.108 e. The van der Waals surface area contributed by atoms with E-state index >= 15 is 0 Å². The van der Waals surface area contributed by atoms with Gasteiger partial charge in [0.15, 0.2) is 0 Å². The van der Waals surface area contributed by atoms with Gasteiger partial charge in [0.25, 0.3) is 0 Å². The standard InChI is InChI=1S/C23H22O2/c1-16(24)21-13-14-22(18-8-3-2-4-9-18)25-23(21)20-12-11-17-7-5-6-10-19(17)15-20/h2-12,15,22-24H,13-14H2,1H3/b21-16+/t22-,23-/m0/s1. The minimum absolute atomic E-state index is 0.0563. The lowest BCUT2D eigenvalue weighted by Crippen LogP contribution is -2.20. The third-order valence-corrected chi connectivity index (χ3v) is 5.01. The average molecular weight is 330 g/mol. The molecule has 0 radical (unpaired) electrons. The van der Waals surface area contributed by atoms with Gasteiger partial charge in [-0.05, 0) is 47.7 Å². The predicted molar refractivity (Wildman–Crippen MR) is 102 cm³/mol. The molecule has 1 aliphatic rings. The number of ether oxygens (including phenoxy) is 1. The van der Waals surface area contributed by atoms with Crippen molar-refractivity contribution in [3.63, 3.8) is 0 Å². The molecule has 1 heterocycles. The highest BCUT2D eigenvalue weighted by Gasteiger charge is 2.30. The van der Waals surface area contributed by atoms with E-state index in [1.165, 1.54) is 16.3 Å². The lowest BCUT2D eigenvalue weighted by atomic mass is 9.89. The molecule has 2 nitrogen and oxygen atoms in total. The molecular weight excluding hydrogens is 308 g/mol. The van der Waals surface area contributed by atoms with E-state index in [0.29, 0.717) is 5.76 Å². The number of aliphatic hydroxyl groups excluding tert-OH is 1. The molecule has 25 heavy (non-hydrogen) atoms. The van der Waals surface area contributed by atoms with Crippen LogP contribution in [0.15, 0.2) is 84.1 Å². The summed E-state index contributed by atoms with van der Waals surface area (Å²) in [5, 5.41) is 12.6. The van der Waals surface area contributed by atoms with E-state index in [0.717, 1.165) is 24.0 Å². The van der Waals surface area contributed by atoms with Gasteiger partial charge in [0, 0.05) is 5.57 Å². The zero-order valence-corrected chi connectivity index (χ0v) is 14.4. The lowest BCUT2D eigenvalue weighted by Gasteiger charge is -2.33. The molecule has 1 aliphatic heterocycles. The van der Waals surface area contributed by atoms with Crippen LogP contribution < -0.4 is 0 Å². The van der Waals surface area contributed by atoms with Crippen LogP contribution in [-0.4, -0.2) is 5.11 Å². The van der Waals surface area contributed by atoms with E-state index in [1.54, 1.807) is 6.92 Å². The van der Waals surface area contributed by atoms with Gasteiger partial charge >= 0.3 is 0 Å². The second kappa shape index (κ2) is 6.73. The molecule has 3 aromatic carbocycles. The molecule has 1 N–H and O–H groups in total. The Hall–Kier alpha value is -2.58. The van der Waals surface area contributed by atoms with E-state index in [-0.39, 0.29) is 12.2 Å². The molecule has 126 valence electrons. The molecule has 4 rings (SSSR count). The summed E-state index contributed by atoms with van der Waals surface area (Å²) in [4.78, 5) is 0. The Morgan fingerprint density at radius 1 is 0.880 bits per heavy atom. The van der Waals surface area contributed by atoms with Crippen LogP contribution in [0.2, 0.25) is 0 Å². The Morgan fingerprint density at radius 3 is 2.36 bits per heavy atom. The van der Waals surface area contributed by atoms with E-state index in [1.807, 2.05) is 24.3 Å². The monoisotopic (exact) mass is 330 g/mol. The van der Waals surface area contributed by atoms with Crippen LogP contribution >= 0.6 is 0 Å². The van der Waals surface area contributed by atoms with Crippen LogP contribution in [0.3, 0.4) is 0 Å². The average Bonchev–Trinajstić information content (AvgIpc) is 2.67. The lowest BCUT2D eigenvalue weighted by molar-refractivity contribution is -0.0247. The van der Waals surface area contributed by atoms with Gasteiger partial charge in [-0.1, -0.05) is 66.7 Å². The molecule has 0 bridgehead atoms. The Kier molecular flexibility index (Phi) is 4.29. The van der Waals surface area contributed by atoms with Crippen LogP contribution in [0.5, 0.6) is 0 Å². The van der Waals surface area contributed by atoms with E-state index in [9.17, 15) is 5.11 Å². The third kappa shape index (κ3) is 3.18. The fraction of sp³-hybridized carbons (Fsp3) is 0.217. The van der Waals surface area contributed by atoms with E-state index in [4.69, 9.17) is 4.74 Å². The van der Waals surface area contributed by atoms with Crippen molar-refractivity contribution in [2.24, 2.45) is 0 Å². The van der Waals surface area contributed by atoms with Crippen molar-refractivity contribution in [3.8, 4) is 0 Å². The number of aliphatic hydroxyl groups is 1. The van der Waals surface area contributed by atoms with Gasteiger partial charge in [0.05, 0.1) is 11.9 Å². The highest BCUT2D eigenvalue weighted by atomic mass is 16.5. The Bertz CT molecular complexity index is 908. The van der Waals surface area contributed by atoms with Gasteiger partial charge < -0.3 is 9.84 Å². The summed E-state index contributed by atoms with van der Waals surface area (Å²) in [6, 6.07) is 25.1. The molecule has 0 aromatic heterocycles. The van der Waals surface area contributed by atoms with Crippen LogP contribution in [0.1, 0.15) is 43.1 Å². The maximum atomic E-state index is 10.2. The molecule has 0 aliphatic carbocycles. The first-order chi connectivity index (χ1) is 12.2. The second-order valence-electron chi connectivity index (χ2n) is 6.67. The highest BCUT2D eigenvalue weighted by Crippen LogP contribution is 2.43. The first kappa shape index (κ1) is 15.9. The Morgan fingerprint density at radius 2 is 1.60 bits per heavy atom. The third-order valence-electron chi connectivity index (χ3n) is 5.01. The summed E-state index contributed by atoms with van der Waals surface area (Å²) in [5.41, 5.74) is 3.29. The first-order valence-electron chi connectivity index (χ1n) is 8.80. The molecule has 0 amide bonds. The minimum atomic E-state index is -0.200. The van der Waals surface area contributed by atoms with Gasteiger partial charge in [-0.25, -0.2) is 0 Å². The predicted octanol–water partition coefficient (Wildman–Crippen LogP) is 6.26. The van der Waals surface area contributed by atoms with Gasteiger partial charge in [0.2, 0.25) is 0 Å². The van der Waals surface area contributed by atoms with Crippen LogP contribution in [0, 0.1) is 0 Å². The quantitative estimate of drug-likeness (QED) is 0.562. The zero-order valence-electron chi connectivity index (χ0n) is 14.4. The smallest absolute Gasteiger partial charge is 0.108 e.